The van der Waals surface area contributed by atoms with Gasteiger partial charge in [0, 0.05) is 17.3 Å². The molecule has 20 heavy (non-hydrogen) atoms. The molecule has 0 amide bonds. The number of rotatable bonds is 1. The van der Waals surface area contributed by atoms with Crippen molar-refractivity contribution in [3.8, 4) is 22.8 Å². The first-order chi connectivity index (χ1) is 9.74. The van der Waals surface area contributed by atoms with Crippen LogP contribution in [-0.2, 0) is 12.8 Å². The molecule has 2 heterocycles. The number of aromatic nitrogens is 4. The number of nitrogens with zero attached hydrogens (tertiary/aromatic N) is 4. The quantitative estimate of drug-likeness (QED) is 0.686. The van der Waals surface area contributed by atoms with Crippen LogP contribution in [0.4, 0.5) is 4.39 Å². The van der Waals surface area contributed by atoms with Gasteiger partial charge >= 0.3 is 0 Å². The Balaban J connectivity index is 1.90. The summed E-state index contributed by atoms with van der Waals surface area (Å²) >= 11 is 0. The Morgan fingerprint density at radius 2 is 2.00 bits per heavy atom. The SMILES string of the molecule is On1c(-c2ccc(F)cc2)nc2c1CCc1nnoc1-2. The van der Waals surface area contributed by atoms with Crippen LogP contribution in [0.5, 0.6) is 0 Å². The minimum atomic E-state index is -0.337. The van der Waals surface area contributed by atoms with Crippen molar-refractivity contribution in [2.45, 2.75) is 12.8 Å². The highest BCUT2D eigenvalue weighted by atomic mass is 19.1. The van der Waals surface area contributed by atoms with E-state index in [1.54, 1.807) is 12.1 Å². The maximum atomic E-state index is 13.0. The number of benzene rings is 1. The molecule has 0 fully saturated rings. The van der Waals surface area contributed by atoms with Crippen molar-refractivity contribution in [1.29, 1.82) is 0 Å². The number of hydrogen-bond acceptors (Lipinski definition) is 5. The van der Waals surface area contributed by atoms with Gasteiger partial charge < -0.3 is 9.73 Å². The fourth-order valence-corrected chi connectivity index (χ4v) is 2.43. The zero-order valence-corrected chi connectivity index (χ0v) is 10.2. The molecule has 0 spiro atoms. The lowest BCUT2D eigenvalue weighted by Gasteiger charge is -2.08. The largest absolute Gasteiger partial charge is 0.427 e. The second-order valence-corrected chi connectivity index (χ2v) is 4.60. The molecule has 1 aromatic carbocycles. The maximum Gasteiger partial charge on any atom is 0.210 e. The van der Waals surface area contributed by atoms with Gasteiger partial charge in [-0.1, -0.05) is 0 Å². The van der Waals surface area contributed by atoms with Crippen LogP contribution in [0.15, 0.2) is 28.8 Å². The monoisotopic (exact) mass is 272 g/mol. The summed E-state index contributed by atoms with van der Waals surface area (Å²) in [6, 6.07) is 5.78. The Morgan fingerprint density at radius 1 is 1.20 bits per heavy atom. The van der Waals surface area contributed by atoms with Crippen molar-refractivity contribution in [3.63, 3.8) is 0 Å². The second kappa shape index (κ2) is 3.89. The topological polar surface area (TPSA) is 77.0 Å². The van der Waals surface area contributed by atoms with Gasteiger partial charge in [0.05, 0.1) is 5.69 Å². The lowest BCUT2D eigenvalue weighted by Crippen LogP contribution is -2.07. The third-order valence-corrected chi connectivity index (χ3v) is 3.42. The second-order valence-electron chi connectivity index (χ2n) is 4.60. The summed E-state index contributed by atoms with van der Waals surface area (Å²) in [4.78, 5) is 4.38. The van der Waals surface area contributed by atoms with Crippen molar-refractivity contribution in [3.05, 3.63) is 41.5 Å². The van der Waals surface area contributed by atoms with Crippen LogP contribution in [-0.4, -0.2) is 25.3 Å². The van der Waals surface area contributed by atoms with Gasteiger partial charge in [-0.2, -0.15) is 4.73 Å². The van der Waals surface area contributed by atoms with Crippen molar-refractivity contribution >= 4 is 0 Å². The average molecular weight is 272 g/mol. The molecule has 7 heteroatoms. The van der Waals surface area contributed by atoms with Crippen LogP contribution < -0.4 is 0 Å². The molecular formula is C13H9FN4O2. The van der Waals surface area contributed by atoms with E-state index in [-0.39, 0.29) is 5.82 Å². The van der Waals surface area contributed by atoms with E-state index in [1.807, 2.05) is 0 Å². The van der Waals surface area contributed by atoms with Gasteiger partial charge in [-0.15, -0.1) is 5.10 Å². The van der Waals surface area contributed by atoms with Crippen LogP contribution >= 0.6 is 0 Å². The Hall–Kier alpha value is -2.70. The van der Waals surface area contributed by atoms with E-state index in [9.17, 15) is 9.60 Å². The first-order valence-electron chi connectivity index (χ1n) is 6.12. The normalized spacial score (nSPS) is 13.1. The van der Waals surface area contributed by atoms with E-state index in [0.29, 0.717) is 41.4 Å². The predicted octanol–water partition coefficient (Wildman–Crippen LogP) is 2.08. The summed E-state index contributed by atoms with van der Waals surface area (Å²) in [5.41, 5.74) is 2.55. The Kier molecular flexibility index (Phi) is 2.17. The van der Waals surface area contributed by atoms with E-state index >= 15 is 0 Å². The molecule has 2 aromatic heterocycles. The molecule has 0 saturated carbocycles. The zero-order valence-electron chi connectivity index (χ0n) is 10.2. The van der Waals surface area contributed by atoms with Crippen molar-refractivity contribution in [2.75, 3.05) is 0 Å². The lowest BCUT2D eigenvalue weighted by molar-refractivity contribution is 0.181. The van der Waals surface area contributed by atoms with Gasteiger partial charge in [-0.3, -0.25) is 0 Å². The van der Waals surface area contributed by atoms with Gasteiger partial charge in [0.1, 0.15) is 17.2 Å². The standard InChI is InChI=1S/C13H9FN4O2/c14-8-3-1-7(2-4-8)13-15-11-10(18(13)19)6-5-9-12(11)20-17-16-9/h1-4,19H,5-6H2. The summed E-state index contributed by atoms with van der Waals surface area (Å²) in [5, 5.41) is 17.6. The third-order valence-electron chi connectivity index (χ3n) is 3.42. The molecule has 0 unspecified atom stereocenters. The van der Waals surface area contributed by atoms with Crippen LogP contribution in [0, 0.1) is 5.82 Å². The van der Waals surface area contributed by atoms with E-state index in [1.165, 1.54) is 12.1 Å². The summed E-state index contributed by atoms with van der Waals surface area (Å²) in [5.74, 6) is 0.498. The van der Waals surface area contributed by atoms with Gasteiger partial charge in [0.2, 0.25) is 5.76 Å². The van der Waals surface area contributed by atoms with Crippen LogP contribution in [0.1, 0.15) is 11.4 Å². The van der Waals surface area contributed by atoms with Gasteiger partial charge in [0.25, 0.3) is 0 Å². The molecule has 1 N–H and O–H groups in total. The van der Waals surface area contributed by atoms with E-state index < -0.39 is 0 Å². The van der Waals surface area contributed by atoms with E-state index in [4.69, 9.17) is 4.52 Å². The molecule has 1 aliphatic carbocycles. The lowest BCUT2D eigenvalue weighted by atomic mass is 10.0. The molecule has 0 saturated heterocycles. The van der Waals surface area contributed by atoms with Gasteiger partial charge in [-0.25, -0.2) is 9.37 Å². The minimum Gasteiger partial charge on any atom is -0.427 e. The Labute approximate surface area is 112 Å². The maximum absolute atomic E-state index is 13.0. The highest BCUT2D eigenvalue weighted by Crippen LogP contribution is 2.34. The van der Waals surface area contributed by atoms with Gasteiger partial charge in [0.15, 0.2) is 5.82 Å². The summed E-state index contributed by atoms with van der Waals surface area (Å²) in [6.07, 6.45) is 1.24. The van der Waals surface area contributed by atoms with Crippen LogP contribution in [0.2, 0.25) is 0 Å². The molecule has 0 atom stereocenters. The molecular weight excluding hydrogens is 263 g/mol. The number of hydrogen-bond donors (Lipinski definition) is 1. The number of aryl methyl sites for hydroxylation is 1. The average Bonchev–Trinajstić information content (AvgIpc) is 3.04. The highest BCUT2D eigenvalue weighted by Gasteiger charge is 2.29. The third kappa shape index (κ3) is 1.46. The first-order valence-corrected chi connectivity index (χ1v) is 6.12. The molecule has 100 valence electrons. The predicted molar refractivity (Wildman–Crippen MR) is 65.5 cm³/mol. The minimum absolute atomic E-state index is 0.337. The van der Waals surface area contributed by atoms with Gasteiger partial charge in [-0.05, 0) is 30.7 Å². The molecule has 0 aliphatic heterocycles. The molecule has 6 nitrogen and oxygen atoms in total. The molecule has 3 aromatic rings. The number of halogens is 1. The fraction of sp³-hybridized carbons (Fsp3) is 0.154. The summed E-state index contributed by atoms with van der Waals surface area (Å²) < 4.78 is 19.1. The Bertz CT molecular complexity index is 791. The summed E-state index contributed by atoms with van der Waals surface area (Å²) in [7, 11) is 0. The number of imidazole rings is 1. The molecule has 1 aliphatic rings. The van der Waals surface area contributed by atoms with E-state index in [2.05, 4.69) is 15.4 Å². The smallest absolute Gasteiger partial charge is 0.210 e. The van der Waals surface area contributed by atoms with Crippen molar-refractivity contribution in [1.82, 2.24) is 20.1 Å². The number of fused-ring (bicyclic) bond motifs is 3. The Morgan fingerprint density at radius 3 is 2.80 bits per heavy atom. The molecule has 0 radical (unpaired) electrons. The summed E-state index contributed by atoms with van der Waals surface area (Å²) in [6.45, 7) is 0. The van der Waals surface area contributed by atoms with E-state index in [0.717, 1.165) is 10.4 Å². The fourth-order valence-electron chi connectivity index (χ4n) is 2.43. The molecule has 4 rings (SSSR count). The first kappa shape index (κ1) is 11.2. The van der Waals surface area contributed by atoms with Crippen LogP contribution in [0.3, 0.4) is 0 Å². The molecule has 0 bridgehead atoms. The van der Waals surface area contributed by atoms with Crippen LogP contribution in [0.25, 0.3) is 22.8 Å². The van der Waals surface area contributed by atoms with Crippen molar-refractivity contribution < 1.29 is 14.1 Å². The highest BCUT2D eigenvalue weighted by molar-refractivity contribution is 5.67. The zero-order chi connectivity index (χ0) is 13.7. The van der Waals surface area contributed by atoms with Crippen molar-refractivity contribution in [2.24, 2.45) is 0 Å².